The fourth-order valence-corrected chi connectivity index (χ4v) is 3.04. The Labute approximate surface area is 139 Å². The largest absolute Gasteiger partial charge is 0.490 e. The number of hydrogen-bond acceptors (Lipinski definition) is 4. The van der Waals surface area contributed by atoms with Crippen LogP contribution in [0.2, 0.25) is 0 Å². The number of nitrogens with zero attached hydrogens (tertiary/aromatic N) is 1. The smallest absolute Gasteiger partial charge is 0.181 e. The van der Waals surface area contributed by atoms with Crippen molar-refractivity contribution in [1.29, 1.82) is 0 Å². The van der Waals surface area contributed by atoms with Crippen LogP contribution in [0.25, 0.3) is 0 Å². The van der Waals surface area contributed by atoms with Gasteiger partial charge in [0.05, 0.1) is 6.04 Å². The summed E-state index contributed by atoms with van der Waals surface area (Å²) in [6, 6.07) is 7.02. The van der Waals surface area contributed by atoms with Crippen molar-refractivity contribution in [2.24, 2.45) is 5.73 Å². The zero-order valence-corrected chi connectivity index (χ0v) is 14.4. The molecule has 2 unspecified atom stereocenters. The van der Waals surface area contributed by atoms with Gasteiger partial charge in [-0.2, -0.15) is 0 Å². The van der Waals surface area contributed by atoms with Crippen molar-refractivity contribution in [3.05, 3.63) is 41.5 Å². The van der Waals surface area contributed by atoms with Crippen molar-refractivity contribution in [3.8, 4) is 5.75 Å². The van der Waals surface area contributed by atoms with Gasteiger partial charge in [-0.3, -0.25) is 9.69 Å². The Morgan fingerprint density at radius 1 is 1.39 bits per heavy atom. The number of ether oxygens (including phenoxy) is 1. The van der Waals surface area contributed by atoms with Crippen LogP contribution in [0.3, 0.4) is 0 Å². The molecule has 1 saturated heterocycles. The van der Waals surface area contributed by atoms with Gasteiger partial charge in [-0.25, -0.2) is 0 Å². The van der Waals surface area contributed by atoms with Crippen molar-refractivity contribution in [1.82, 2.24) is 4.90 Å². The van der Waals surface area contributed by atoms with Crippen LogP contribution < -0.4 is 10.5 Å². The summed E-state index contributed by atoms with van der Waals surface area (Å²) in [4.78, 5) is 14.9. The maximum Gasteiger partial charge on any atom is 0.181 e. The molecule has 4 heteroatoms. The Bertz CT molecular complexity index is 547. The molecular weight excluding hydrogens is 288 g/mol. The van der Waals surface area contributed by atoms with E-state index >= 15 is 0 Å². The molecule has 2 atom stereocenters. The summed E-state index contributed by atoms with van der Waals surface area (Å²) in [5.41, 5.74) is 8.13. The lowest BCUT2D eigenvalue weighted by molar-refractivity contribution is 0.0908. The number of allylic oxidation sites excluding steroid dienone is 1. The first-order valence-corrected chi connectivity index (χ1v) is 8.43. The number of benzene rings is 1. The van der Waals surface area contributed by atoms with Gasteiger partial charge < -0.3 is 10.5 Å². The monoisotopic (exact) mass is 316 g/mol. The molecule has 0 aromatic heterocycles. The van der Waals surface area contributed by atoms with E-state index in [1.54, 1.807) is 0 Å². The van der Waals surface area contributed by atoms with Gasteiger partial charge in [0.2, 0.25) is 0 Å². The summed E-state index contributed by atoms with van der Waals surface area (Å²) in [7, 11) is 0. The maximum absolute atomic E-state index is 12.6. The van der Waals surface area contributed by atoms with Crippen molar-refractivity contribution in [2.75, 3.05) is 19.7 Å². The fourth-order valence-electron chi connectivity index (χ4n) is 3.04. The van der Waals surface area contributed by atoms with E-state index in [0.717, 1.165) is 31.7 Å². The Kier molecular flexibility index (Phi) is 6.37. The van der Waals surface area contributed by atoms with E-state index in [9.17, 15) is 4.79 Å². The Balaban J connectivity index is 1.98. The van der Waals surface area contributed by atoms with Gasteiger partial charge in [0.25, 0.3) is 0 Å². The number of rotatable bonds is 7. The summed E-state index contributed by atoms with van der Waals surface area (Å²) in [6.45, 7) is 8.73. The maximum atomic E-state index is 12.6. The van der Waals surface area contributed by atoms with Crippen LogP contribution in [0.5, 0.6) is 5.75 Å². The molecule has 0 saturated carbocycles. The third-order valence-electron chi connectivity index (χ3n) is 4.42. The van der Waals surface area contributed by atoms with Crippen molar-refractivity contribution < 1.29 is 9.53 Å². The molecule has 0 spiro atoms. The molecule has 23 heavy (non-hydrogen) atoms. The molecule has 4 nitrogen and oxygen atoms in total. The van der Waals surface area contributed by atoms with Crippen molar-refractivity contribution in [2.45, 2.75) is 45.7 Å². The third kappa shape index (κ3) is 4.66. The van der Waals surface area contributed by atoms with Gasteiger partial charge in [0.1, 0.15) is 12.4 Å². The van der Waals surface area contributed by atoms with Crippen LogP contribution in [0.4, 0.5) is 0 Å². The molecule has 1 heterocycles. The van der Waals surface area contributed by atoms with Crippen molar-refractivity contribution >= 4 is 5.78 Å². The molecule has 0 radical (unpaired) electrons. The second kappa shape index (κ2) is 8.27. The molecule has 1 aliphatic heterocycles. The number of ketones is 1. The van der Waals surface area contributed by atoms with Gasteiger partial charge in [0.15, 0.2) is 5.78 Å². The van der Waals surface area contributed by atoms with Gasteiger partial charge in [-0.15, -0.1) is 0 Å². The summed E-state index contributed by atoms with van der Waals surface area (Å²) in [6.07, 6.45) is 4.15. The zero-order chi connectivity index (χ0) is 16.8. The van der Waals surface area contributed by atoms with E-state index in [1.165, 1.54) is 5.57 Å². The van der Waals surface area contributed by atoms with Crippen LogP contribution >= 0.6 is 0 Å². The summed E-state index contributed by atoms with van der Waals surface area (Å²) in [5, 5.41) is 0. The number of hydrogen-bond donors (Lipinski definition) is 1. The molecule has 2 rings (SSSR count). The summed E-state index contributed by atoms with van der Waals surface area (Å²) >= 11 is 0. The Hall–Kier alpha value is -1.65. The lowest BCUT2D eigenvalue weighted by Crippen LogP contribution is -2.48. The molecule has 0 amide bonds. The molecule has 1 aliphatic rings. The molecule has 126 valence electrons. The number of likely N-dealkylation sites (N-methyl/N-ethyl adjacent to an activating group) is 1. The predicted molar refractivity (Wildman–Crippen MR) is 93.9 cm³/mol. The standard InChI is InChI=1S/C19H28N2O2/c1-4-21-12-5-6-17(21)18(20)19(22)15-7-9-16(10-8-15)23-13-11-14(2)3/h7-11,17-18H,4-6,12-13,20H2,1-3H3. The first-order chi connectivity index (χ1) is 11.0. The van der Waals surface area contributed by atoms with E-state index in [4.69, 9.17) is 10.5 Å². The topological polar surface area (TPSA) is 55.6 Å². The average molecular weight is 316 g/mol. The highest BCUT2D eigenvalue weighted by molar-refractivity contribution is 6.00. The number of likely N-dealkylation sites (tertiary alicyclic amines) is 1. The minimum absolute atomic E-state index is 0.0196. The van der Waals surface area contributed by atoms with Crippen LogP contribution in [0.15, 0.2) is 35.9 Å². The number of Topliss-reactive ketones (excluding diaryl/α,β-unsaturated/α-hetero) is 1. The lowest BCUT2D eigenvalue weighted by atomic mass is 9.97. The highest BCUT2D eigenvalue weighted by Gasteiger charge is 2.32. The second-order valence-electron chi connectivity index (χ2n) is 6.35. The summed E-state index contributed by atoms with van der Waals surface area (Å²) in [5.74, 6) is 0.787. The van der Waals surface area contributed by atoms with Gasteiger partial charge in [-0.1, -0.05) is 12.5 Å². The molecule has 0 aliphatic carbocycles. The molecular formula is C19H28N2O2. The average Bonchev–Trinajstić information content (AvgIpc) is 3.02. The Morgan fingerprint density at radius 2 is 2.09 bits per heavy atom. The van der Waals surface area contributed by atoms with Gasteiger partial charge in [0, 0.05) is 11.6 Å². The number of carbonyl (C=O) groups is 1. The minimum atomic E-state index is -0.449. The fraction of sp³-hybridized carbons (Fsp3) is 0.526. The molecule has 2 N–H and O–H groups in total. The number of carbonyl (C=O) groups excluding carboxylic acids is 1. The highest BCUT2D eigenvalue weighted by Crippen LogP contribution is 2.22. The van der Waals surface area contributed by atoms with Crippen LogP contribution in [0, 0.1) is 0 Å². The first kappa shape index (κ1) is 17.7. The minimum Gasteiger partial charge on any atom is -0.490 e. The third-order valence-corrected chi connectivity index (χ3v) is 4.42. The first-order valence-electron chi connectivity index (χ1n) is 8.43. The van der Waals surface area contributed by atoms with E-state index in [1.807, 2.05) is 44.2 Å². The van der Waals surface area contributed by atoms with E-state index in [0.29, 0.717) is 12.2 Å². The van der Waals surface area contributed by atoms with E-state index in [-0.39, 0.29) is 11.8 Å². The van der Waals surface area contributed by atoms with Crippen LogP contribution in [0.1, 0.15) is 44.0 Å². The van der Waals surface area contributed by atoms with E-state index < -0.39 is 6.04 Å². The SMILES string of the molecule is CCN1CCCC1C(N)C(=O)c1ccc(OCC=C(C)C)cc1. The zero-order valence-electron chi connectivity index (χ0n) is 14.4. The molecule has 0 bridgehead atoms. The van der Waals surface area contributed by atoms with Crippen LogP contribution in [-0.4, -0.2) is 42.5 Å². The van der Waals surface area contributed by atoms with Gasteiger partial charge >= 0.3 is 0 Å². The summed E-state index contributed by atoms with van der Waals surface area (Å²) < 4.78 is 5.62. The normalized spacial score (nSPS) is 19.4. The Morgan fingerprint density at radius 3 is 2.70 bits per heavy atom. The highest BCUT2D eigenvalue weighted by atomic mass is 16.5. The molecule has 1 aromatic carbocycles. The lowest BCUT2D eigenvalue weighted by Gasteiger charge is -2.27. The van der Waals surface area contributed by atoms with E-state index in [2.05, 4.69) is 11.8 Å². The number of nitrogens with two attached hydrogens (primary N) is 1. The molecule has 1 aromatic rings. The quantitative estimate of drug-likeness (QED) is 0.620. The predicted octanol–water partition coefficient (Wildman–Crippen LogP) is 3.03. The van der Waals surface area contributed by atoms with Gasteiger partial charge in [-0.05, 0) is 70.1 Å². The second-order valence-corrected chi connectivity index (χ2v) is 6.35. The van der Waals surface area contributed by atoms with Crippen LogP contribution in [-0.2, 0) is 0 Å². The van der Waals surface area contributed by atoms with Crippen molar-refractivity contribution in [3.63, 3.8) is 0 Å². The molecule has 1 fully saturated rings.